The maximum absolute atomic E-state index is 5.44. The van der Waals surface area contributed by atoms with E-state index in [0.29, 0.717) is 58.1 Å². The summed E-state index contributed by atoms with van der Waals surface area (Å²) in [5, 5.41) is 2.07. The third-order valence-corrected chi connectivity index (χ3v) is 15.2. The Labute approximate surface area is 468 Å². The zero-order valence-corrected chi connectivity index (χ0v) is 43.5. The lowest BCUT2D eigenvalue weighted by molar-refractivity contribution is 0.728. The Balaban J connectivity index is 0.899. The lowest BCUT2D eigenvalue weighted by Gasteiger charge is -2.27. The van der Waals surface area contributed by atoms with Gasteiger partial charge in [0, 0.05) is 46.4 Å². The van der Waals surface area contributed by atoms with Crippen LogP contribution < -0.4 is 4.90 Å². The van der Waals surface area contributed by atoms with E-state index in [1.807, 2.05) is 115 Å². The zero-order chi connectivity index (χ0) is 54.1. The second-order valence-electron chi connectivity index (χ2n) is 20.1. The molecule has 2 atom stereocenters. The Morgan fingerprint density at radius 2 is 0.915 bits per heavy atom. The van der Waals surface area contributed by atoms with Gasteiger partial charge in [0.2, 0.25) is 11.8 Å². The van der Waals surface area contributed by atoms with E-state index in [1.165, 1.54) is 0 Å². The van der Waals surface area contributed by atoms with E-state index in [4.69, 9.17) is 49.8 Å². The van der Waals surface area contributed by atoms with Crippen molar-refractivity contribution in [3.05, 3.63) is 249 Å². The highest BCUT2D eigenvalue weighted by atomic mass is 15.3. The molecule has 8 aromatic heterocycles. The molecule has 14 nitrogen and oxygen atoms in total. The summed E-state index contributed by atoms with van der Waals surface area (Å²) in [5.74, 6) is 3.42. The number of hydrogen-bond acceptors (Lipinski definition) is 13. The molecule has 82 heavy (non-hydrogen) atoms. The Kier molecular flexibility index (Phi) is 10.9. The van der Waals surface area contributed by atoms with Crippen LogP contribution in [-0.2, 0) is 0 Å². The number of anilines is 2. The SMILES string of the molecule is C1=CC2c3ccc4c5ccccc5n(-c5ccnc(-c6nc(-c7cccc(-c8ccccc8)c7)nc(-c7cccc(-c8ccccc8)c7)n6)n5)c4c3N(c3nc(-c4ccc5ncccc5n4)nc(-c4ccc5ncccc5n4)n3)C2C=C1. The van der Waals surface area contributed by atoms with Gasteiger partial charge in [0.1, 0.15) is 17.2 Å². The smallest absolute Gasteiger partial charge is 0.234 e. The van der Waals surface area contributed by atoms with Gasteiger partial charge in [-0.2, -0.15) is 9.97 Å². The second-order valence-corrected chi connectivity index (χ2v) is 20.1. The minimum absolute atomic E-state index is 0.0573. The summed E-state index contributed by atoms with van der Waals surface area (Å²) in [4.78, 5) is 63.2. The van der Waals surface area contributed by atoms with Crippen molar-refractivity contribution in [1.82, 2.24) is 64.4 Å². The van der Waals surface area contributed by atoms with Crippen LogP contribution >= 0.6 is 0 Å². The summed E-state index contributed by atoms with van der Waals surface area (Å²) in [6.45, 7) is 0. The first-order chi connectivity index (χ1) is 40.6. The van der Waals surface area contributed by atoms with Crippen LogP contribution in [0.5, 0.6) is 0 Å². The molecule has 9 heterocycles. The van der Waals surface area contributed by atoms with Crippen LogP contribution in [0.15, 0.2) is 243 Å². The van der Waals surface area contributed by atoms with Gasteiger partial charge in [-0.25, -0.2) is 39.9 Å². The molecule has 0 bridgehead atoms. The first-order valence-corrected chi connectivity index (χ1v) is 26.9. The Bertz CT molecular complexity index is 4730. The lowest BCUT2D eigenvalue weighted by atomic mass is 9.91. The van der Waals surface area contributed by atoms with E-state index < -0.39 is 0 Å². The Morgan fingerprint density at radius 1 is 0.341 bits per heavy atom. The average Bonchev–Trinajstić information content (AvgIpc) is 4.25. The molecule has 1 aliphatic heterocycles. The summed E-state index contributed by atoms with van der Waals surface area (Å²) >= 11 is 0. The lowest BCUT2D eigenvalue weighted by Crippen LogP contribution is -2.30. The van der Waals surface area contributed by atoms with Gasteiger partial charge in [0.05, 0.1) is 44.8 Å². The second kappa shape index (κ2) is 19.2. The molecule has 384 valence electrons. The van der Waals surface area contributed by atoms with Crippen LogP contribution in [0, 0.1) is 0 Å². The molecule has 6 aromatic carbocycles. The summed E-state index contributed by atoms with van der Waals surface area (Å²) in [7, 11) is 0. The van der Waals surface area contributed by atoms with E-state index >= 15 is 0 Å². The molecule has 16 rings (SSSR count). The van der Waals surface area contributed by atoms with Gasteiger partial charge < -0.3 is 4.90 Å². The topological polar surface area (TPSA) is 163 Å². The van der Waals surface area contributed by atoms with Crippen LogP contribution in [0.25, 0.3) is 129 Å². The maximum atomic E-state index is 5.44. The molecule has 0 radical (unpaired) electrons. The van der Waals surface area contributed by atoms with Crippen molar-refractivity contribution in [1.29, 1.82) is 0 Å². The van der Waals surface area contributed by atoms with Crippen molar-refractivity contribution < 1.29 is 0 Å². The fourth-order valence-electron chi connectivity index (χ4n) is 11.4. The van der Waals surface area contributed by atoms with E-state index in [1.54, 1.807) is 18.6 Å². The standard InChI is InChI=1S/C68H42N14/c1-3-15-41(16-4-1)43-19-11-21-45(39-43)62-75-63(46-22-12-20-44(40-46)42-17-5-2-6-18-42)77-67(76-62)66-71-38-35-59(74-66)81-57-27-9-7-23-47(57)49-29-30-50-48-24-8-10-28-58(48)82(61(50)60(49)81)68-79-64(55-33-31-51-53(72-55)25-13-36-69-51)78-65(80-68)56-34-32-52-54(73-56)26-14-37-70-52/h1-40,48,58H. The van der Waals surface area contributed by atoms with E-state index in [0.717, 1.165) is 88.5 Å². The largest absolute Gasteiger partial charge is 0.300 e. The Hall–Kier alpha value is -11.4. The highest BCUT2D eigenvalue weighted by molar-refractivity contribution is 6.15. The van der Waals surface area contributed by atoms with Gasteiger partial charge >= 0.3 is 0 Å². The number of nitrogens with zero attached hydrogens (tertiary/aromatic N) is 14. The summed E-state index contributed by atoms with van der Waals surface area (Å²) in [6.07, 6.45) is 14.0. The summed E-state index contributed by atoms with van der Waals surface area (Å²) in [6, 6.07) is 67.1. The van der Waals surface area contributed by atoms with Crippen LogP contribution in [-0.4, -0.2) is 70.4 Å². The van der Waals surface area contributed by atoms with E-state index in [2.05, 4.69) is 129 Å². The van der Waals surface area contributed by atoms with Gasteiger partial charge in [0.15, 0.2) is 29.1 Å². The number of para-hydroxylation sites is 1. The first kappa shape index (κ1) is 46.7. The molecule has 14 aromatic rings. The van der Waals surface area contributed by atoms with Gasteiger partial charge in [-0.3, -0.25) is 14.5 Å². The number of rotatable bonds is 9. The molecule has 2 aliphatic rings. The zero-order valence-electron chi connectivity index (χ0n) is 43.5. The molecule has 0 saturated heterocycles. The quantitative estimate of drug-likeness (QED) is 0.134. The molecule has 0 amide bonds. The monoisotopic (exact) mass is 1050 g/mol. The van der Waals surface area contributed by atoms with Crippen molar-refractivity contribution in [3.8, 4) is 85.5 Å². The number of fused-ring (bicyclic) bond motifs is 9. The predicted molar refractivity (Wildman–Crippen MR) is 321 cm³/mol. The number of benzene rings is 6. The molecule has 0 saturated carbocycles. The highest BCUT2D eigenvalue weighted by Crippen LogP contribution is 2.52. The van der Waals surface area contributed by atoms with Crippen molar-refractivity contribution in [3.63, 3.8) is 0 Å². The van der Waals surface area contributed by atoms with Crippen LogP contribution in [0.1, 0.15) is 11.5 Å². The van der Waals surface area contributed by atoms with Gasteiger partial charge in [-0.1, -0.05) is 152 Å². The average molecular weight is 1060 g/mol. The minimum Gasteiger partial charge on any atom is -0.300 e. The molecule has 0 N–H and O–H groups in total. The van der Waals surface area contributed by atoms with Crippen molar-refractivity contribution >= 4 is 55.5 Å². The molecule has 1 aliphatic carbocycles. The fraction of sp³-hybridized carbons (Fsp3) is 0.0294. The third-order valence-electron chi connectivity index (χ3n) is 15.2. The van der Waals surface area contributed by atoms with Crippen molar-refractivity contribution in [2.75, 3.05) is 4.90 Å². The molecule has 0 fully saturated rings. The summed E-state index contributed by atoms with van der Waals surface area (Å²) < 4.78 is 2.22. The summed E-state index contributed by atoms with van der Waals surface area (Å²) in [5.41, 5.74) is 13.9. The normalized spacial score (nSPS) is 14.5. The van der Waals surface area contributed by atoms with Gasteiger partial charge in [0.25, 0.3) is 0 Å². The molecule has 14 heteroatoms. The third kappa shape index (κ3) is 8.03. The van der Waals surface area contributed by atoms with E-state index in [9.17, 15) is 0 Å². The number of hydrogen-bond donors (Lipinski definition) is 0. The maximum Gasteiger partial charge on any atom is 0.234 e. The van der Waals surface area contributed by atoms with Crippen LogP contribution in [0.2, 0.25) is 0 Å². The number of aromatic nitrogens is 13. The van der Waals surface area contributed by atoms with Crippen LogP contribution in [0.4, 0.5) is 11.6 Å². The van der Waals surface area contributed by atoms with Gasteiger partial charge in [-0.15, -0.1) is 0 Å². The number of pyridine rings is 4. The molecule has 2 unspecified atom stereocenters. The highest BCUT2D eigenvalue weighted by Gasteiger charge is 2.42. The molecular formula is C68H42N14. The first-order valence-electron chi connectivity index (χ1n) is 26.9. The van der Waals surface area contributed by atoms with E-state index in [-0.39, 0.29) is 12.0 Å². The fourth-order valence-corrected chi connectivity index (χ4v) is 11.4. The van der Waals surface area contributed by atoms with Crippen LogP contribution in [0.3, 0.4) is 0 Å². The van der Waals surface area contributed by atoms with Gasteiger partial charge in [-0.05, 0) is 101 Å². The molecular weight excluding hydrogens is 1010 g/mol. The van der Waals surface area contributed by atoms with Crippen molar-refractivity contribution in [2.24, 2.45) is 0 Å². The Morgan fingerprint density at radius 3 is 1.57 bits per heavy atom. The van der Waals surface area contributed by atoms with Crippen molar-refractivity contribution in [2.45, 2.75) is 12.0 Å². The predicted octanol–water partition coefficient (Wildman–Crippen LogP) is 14.2. The minimum atomic E-state index is -0.216. The molecule has 0 spiro atoms. The number of allylic oxidation sites excluding steroid dienone is 2.